The van der Waals surface area contributed by atoms with Gasteiger partial charge in [0.15, 0.2) is 0 Å². The molecule has 24 heavy (non-hydrogen) atoms. The second-order valence-electron chi connectivity index (χ2n) is 5.62. The Morgan fingerprint density at radius 3 is 2.29 bits per heavy atom. The van der Waals surface area contributed by atoms with E-state index in [1.165, 1.54) is 6.92 Å². The van der Waals surface area contributed by atoms with Gasteiger partial charge < -0.3 is 15.7 Å². The van der Waals surface area contributed by atoms with E-state index in [0.29, 0.717) is 18.7 Å². The van der Waals surface area contributed by atoms with Crippen LogP contribution in [0.4, 0.5) is 0 Å². The average Bonchev–Trinajstić information content (AvgIpc) is 2.58. The van der Waals surface area contributed by atoms with Crippen LogP contribution < -0.4 is 10.6 Å². The van der Waals surface area contributed by atoms with Crippen molar-refractivity contribution >= 4 is 11.8 Å². The molecule has 2 aromatic carbocycles. The molecule has 0 bridgehead atoms. The Balaban J connectivity index is 2.09. The quantitative estimate of drug-likeness (QED) is 0.713. The maximum Gasteiger partial charge on any atom is 0.251 e. The molecular formula is C19H22N2O3. The third-order valence-corrected chi connectivity index (χ3v) is 3.61. The molecule has 126 valence electrons. The van der Waals surface area contributed by atoms with Gasteiger partial charge in [-0.1, -0.05) is 30.3 Å². The number of rotatable bonds is 6. The van der Waals surface area contributed by atoms with Crippen LogP contribution in [0.1, 0.15) is 35.9 Å². The first-order chi connectivity index (χ1) is 11.5. The maximum atomic E-state index is 12.2. The highest BCUT2D eigenvalue weighted by Gasteiger charge is 2.08. The summed E-state index contributed by atoms with van der Waals surface area (Å²) in [7, 11) is 0. The second kappa shape index (κ2) is 8.26. The van der Waals surface area contributed by atoms with Gasteiger partial charge in [-0.3, -0.25) is 9.59 Å². The first kappa shape index (κ1) is 17.7. The van der Waals surface area contributed by atoms with E-state index in [1.807, 2.05) is 42.5 Å². The number of carbonyl (C=O) groups is 2. The van der Waals surface area contributed by atoms with E-state index >= 15 is 0 Å². The molecule has 0 spiro atoms. The van der Waals surface area contributed by atoms with E-state index in [0.717, 1.165) is 16.7 Å². The standard InChI is InChI=1S/C19H22N2O3/c1-13(22)15-5-3-6-16(11-15)17-7-4-8-18(12-17)19(24)21-10-9-20-14(2)23/h3-8,11-13,22H,9-10H2,1-2H3,(H,20,23)(H,21,24)/t13-/m0/s1. The summed E-state index contributed by atoms with van der Waals surface area (Å²) in [6.07, 6.45) is -0.537. The summed E-state index contributed by atoms with van der Waals surface area (Å²) in [6, 6.07) is 14.9. The smallest absolute Gasteiger partial charge is 0.251 e. The highest BCUT2D eigenvalue weighted by molar-refractivity contribution is 5.95. The van der Waals surface area contributed by atoms with Gasteiger partial charge in [0.05, 0.1) is 6.10 Å². The van der Waals surface area contributed by atoms with Gasteiger partial charge >= 0.3 is 0 Å². The topological polar surface area (TPSA) is 78.4 Å². The monoisotopic (exact) mass is 326 g/mol. The van der Waals surface area contributed by atoms with Gasteiger partial charge in [-0.05, 0) is 41.8 Å². The predicted molar refractivity (Wildman–Crippen MR) is 93.5 cm³/mol. The fraction of sp³-hybridized carbons (Fsp3) is 0.263. The Kier molecular flexibility index (Phi) is 6.09. The van der Waals surface area contributed by atoms with Crippen molar-refractivity contribution in [2.45, 2.75) is 20.0 Å². The van der Waals surface area contributed by atoms with Crippen LogP contribution in [-0.4, -0.2) is 30.0 Å². The normalized spacial score (nSPS) is 11.6. The lowest BCUT2D eigenvalue weighted by molar-refractivity contribution is -0.118. The SMILES string of the molecule is CC(=O)NCCNC(=O)c1cccc(-c2cccc([C@H](C)O)c2)c1. The number of aliphatic hydroxyl groups excluding tert-OH is 1. The molecule has 2 aromatic rings. The molecule has 1 atom stereocenters. The highest BCUT2D eigenvalue weighted by atomic mass is 16.3. The second-order valence-corrected chi connectivity index (χ2v) is 5.62. The van der Waals surface area contributed by atoms with Crippen LogP contribution in [0.25, 0.3) is 11.1 Å². The van der Waals surface area contributed by atoms with Gasteiger partial charge in [0.2, 0.25) is 5.91 Å². The van der Waals surface area contributed by atoms with E-state index < -0.39 is 6.10 Å². The Bertz CT molecular complexity index is 726. The van der Waals surface area contributed by atoms with E-state index in [1.54, 1.807) is 13.0 Å². The Morgan fingerprint density at radius 2 is 1.62 bits per heavy atom. The number of hydrogen-bond acceptors (Lipinski definition) is 3. The van der Waals surface area contributed by atoms with Crippen molar-refractivity contribution in [1.29, 1.82) is 0 Å². The number of benzene rings is 2. The average molecular weight is 326 g/mol. The number of aliphatic hydroxyl groups is 1. The van der Waals surface area contributed by atoms with Crippen LogP contribution in [0.5, 0.6) is 0 Å². The lowest BCUT2D eigenvalue weighted by atomic mass is 9.99. The largest absolute Gasteiger partial charge is 0.389 e. The number of nitrogens with one attached hydrogen (secondary N) is 2. The third kappa shape index (κ3) is 4.93. The van der Waals surface area contributed by atoms with E-state index in [2.05, 4.69) is 10.6 Å². The Morgan fingerprint density at radius 1 is 1.00 bits per heavy atom. The van der Waals surface area contributed by atoms with Crippen molar-refractivity contribution in [3.05, 3.63) is 59.7 Å². The van der Waals surface area contributed by atoms with E-state index in [9.17, 15) is 14.7 Å². The van der Waals surface area contributed by atoms with Gasteiger partial charge in [0, 0.05) is 25.6 Å². The minimum Gasteiger partial charge on any atom is -0.389 e. The molecule has 0 aliphatic rings. The van der Waals surface area contributed by atoms with Crippen molar-refractivity contribution in [3.8, 4) is 11.1 Å². The first-order valence-corrected chi connectivity index (χ1v) is 7.88. The predicted octanol–water partition coefficient (Wildman–Crippen LogP) is 2.27. The van der Waals surface area contributed by atoms with Gasteiger partial charge in [0.25, 0.3) is 5.91 Å². The molecular weight excluding hydrogens is 304 g/mol. The molecule has 5 nitrogen and oxygen atoms in total. The molecule has 2 amide bonds. The minimum absolute atomic E-state index is 0.121. The third-order valence-electron chi connectivity index (χ3n) is 3.61. The summed E-state index contributed by atoms with van der Waals surface area (Å²) in [5, 5.41) is 15.1. The fourth-order valence-electron chi connectivity index (χ4n) is 2.33. The molecule has 0 aliphatic carbocycles. The maximum absolute atomic E-state index is 12.2. The van der Waals surface area contributed by atoms with Crippen molar-refractivity contribution in [1.82, 2.24) is 10.6 Å². The van der Waals surface area contributed by atoms with Gasteiger partial charge in [0.1, 0.15) is 0 Å². The molecule has 0 radical (unpaired) electrons. The lowest BCUT2D eigenvalue weighted by Crippen LogP contribution is -2.33. The minimum atomic E-state index is -0.537. The molecule has 0 heterocycles. The zero-order valence-electron chi connectivity index (χ0n) is 13.9. The van der Waals surface area contributed by atoms with Crippen LogP contribution in [0.3, 0.4) is 0 Å². The number of carbonyl (C=O) groups excluding carboxylic acids is 2. The van der Waals surface area contributed by atoms with Crippen molar-refractivity contribution < 1.29 is 14.7 Å². The summed E-state index contributed by atoms with van der Waals surface area (Å²) in [5.41, 5.74) is 3.24. The van der Waals surface area contributed by atoms with E-state index in [4.69, 9.17) is 0 Å². The van der Waals surface area contributed by atoms with Crippen molar-refractivity contribution in [2.24, 2.45) is 0 Å². The summed E-state index contributed by atoms with van der Waals surface area (Å²) >= 11 is 0. The van der Waals surface area contributed by atoms with E-state index in [-0.39, 0.29) is 11.8 Å². The summed E-state index contributed by atoms with van der Waals surface area (Å²) in [5.74, 6) is -0.307. The van der Waals surface area contributed by atoms with Gasteiger partial charge in [-0.2, -0.15) is 0 Å². The van der Waals surface area contributed by atoms with Crippen LogP contribution >= 0.6 is 0 Å². The molecule has 5 heteroatoms. The summed E-state index contributed by atoms with van der Waals surface area (Å²) in [6.45, 7) is 3.93. The number of hydrogen-bond donors (Lipinski definition) is 3. The molecule has 0 fully saturated rings. The Hall–Kier alpha value is -2.66. The Labute approximate surface area is 141 Å². The number of amides is 2. The van der Waals surface area contributed by atoms with Crippen LogP contribution in [-0.2, 0) is 4.79 Å². The van der Waals surface area contributed by atoms with Gasteiger partial charge in [-0.15, -0.1) is 0 Å². The summed E-state index contributed by atoms with van der Waals surface area (Å²) in [4.78, 5) is 23.0. The zero-order valence-corrected chi connectivity index (χ0v) is 13.9. The van der Waals surface area contributed by atoms with Gasteiger partial charge in [-0.25, -0.2) is 0 Å². The molecule has 0 saturated heterocycles. The zero-order chi connectivity index (χ0) is 17.5. The molecule has 2 rings (SSSR count). The molecule has 0 unspecified atom stereocenters. The molecule has 3 N–H and O–H groups in total. The highest BCUT2D eigenvalue weighted by Crippen LogP contribution is 2.24. The van der Waals surface area contributed by atoms with Crippen molar-refractivity contribution in [3.63, 3.8) is 0 Å². The van der Waals surface area contributed by atoms with Crippen LogP contribution in [0, 0.1) is 0 Å². The molecule has 0 aromatic heterocycles. The summed E-state index contributed by atoms with van der Waals surface area (Å²) < 4.78 is 0. The lowest BCUT2D eigenvalue weighted by Gasteiger charge is -2.10. The van der Waals surface area contributed by atoms with Crippen LogP contribution in [0.15, 0.2) is 48.5 Å². The fourth-order valence-corrected chi connectivity index (χ4v) is 2.33. The molecule has 0 aliphatic heterocycles. The molecule has 0 saturated carbocycles. The van der Waals surface area contributed by atoms with Crippen molar-refractivity contribution in [2.75, 3.05) is 13.1 Å². The first-order valence-electron chi connectivity index (χ1n) is 7.88. The van der Waals surface area contributed by atoms with Crippen LogP contribution in [0.2, 0.25) is 0 Å².